The van der Waals surface area contributed by atoms with Gasteiger partial charge in [0.15, 0.2) is 0 Å². The largest absolute Gasteiger partial charge is 0.325 e. The first-order valence-corrected chi connectivity index (χ1v) is 5.61. The summed E-state index contributed by atoms with van der Waals surface area (Å²) < 4.78 is 1.98. The quantitative estimate of drug-likeness (QED) is 0.895. The molecule has 4 heteroatoms. The third-order valence-electron chi connectivity index (χ3n) is 2.62. The van der Waals surface area contributed by atoms with Gasteiger partial charge < -0.3 is 9.88 Å². The summed E-state index contributed by atoms with van der Waals surface area (Å²) in [5.41, 5.74) is 2.82. The van der Waals surface area contributed by atoms with Gasteiger partial charge in [-0.2, -0.15) is 5.26 Å². The van der Waals surface area contributed by atoms with Crippen LogP contribution in [0.2, 0.25) is 0 Å². The number of nitriles is 1. The average molecular weight is 239 g/mol. The zero-order valence-electron chi connectivity index (χ0n) is 10.1. The minimum Gasteiger partial charge on any atom is -0.325 e. The van der Waals surface area contributed by atoms with E-state index in [4.69, 9.17) is 5.26 Å². The molecule has 1 amide bonds. The fourth-order valence-electron chi connectivity index (χ4n) is 1.74. The number of nitrogens with one attached hydrogen (secondary N) is 1. The maximum Gasteiger partial charge on any atom is 0.238 e. The van der Waals surface area contributed by atoms with E-state index in [1.165, 1.54) is 0 Å². The third kappa shape index (κ3) is 2.58. The minimum atomic E-state index is -0.292. The lowest BCUT2D eigenvalue weighted by Gasteiger charge is -2.10. The normalized spacial score (nSPS) is 9.78. The zero-order valence-corrected chi connectivity index (χ0v) is 10.1. The molecule has 2 rings (SSSR count). The van der Waals surface area contributed by atoms with Crippen molar-refractivity contribution in [2.45, 2.75) is 13.3 Å². The first kappa shape index (κ1) is 11.9. The SMILES string of the molecule is Cc1ccc(NC(=O)CC#N)cc1-n1cccc1. The lowest BCUT2D eigenvalue weighted by molar-refractivity contribution is -0.115. The number of amides is 1. The fraction of sp³-hybridized carbons (Fsp3) is 0.143. The number of aromatic nitrogens is 1. The van der Waals surface area contributed by atoms with E-state index in [0.29, 0.717) is 5.69 Å². The van der Waals surface area contributed by atoms with E-state index in [1.807, 2.05) is 60.3 Å². The number of nitrogens with zero attached hydrogens (tertiary/aromatic N) is 2. The molecule has 0 aliphatic rings. The van der Waals surface area contributed by atoms with E-state index in [-0.39, 0.29) is 12.3 Å². The molecule has 0 radical (unpaired) electrons. The Hall–Kier alpha value is -2.54. The van der Waals surface area contributed by atoms with Crippen LogP contribution in [0.25, 0.3) is 5.69 Å². The minimum absolute atomic E-state index is 0.132. The van der Waals surface area contributed by atoms with Gasteiger partial charge in [-0.25, -0.2) is 0 Å². The fourth-order valence-corrected chi connectivity index (χ4v) is 1.74. The molecule has 0 fully saturated rings. The Balaban J connectivity index is 2.28. The van der Waals surface area contributed by atoms with E-state index in [2.05, 4.69) is 5.32 Å². The van der Waals surface area contributed by atoms with Crippen molar-refractivity contribution < 1.29 is 4.79 Å². The second kappa shape index (κ2) is 5.19. The molecule has 0 saturated heterocycles. The van der Waals surface area contributed by atoms with Gasteiger partial charge in [-0.3, -0.25) is 4.79 Å². The van der Waals surface area contributed by atoms with Crippen LogP contribution in [-0.4, -0.2) is 10.5 Å². The van der Waals surface area contributed by atoms with Crippen molar-refractivity contribution >= 4 is 11.6 Å². The summed E-state index contributed by atoms with van der Waals surface area (Å²) in [6.07, 6.45) is 3.76. The Bertz CT molecular complexity index is 594. The monoisotopic (exact) mass is 239 g/mol. The summed E-state index contributed by atoms with van der Waals surface area (Å²) in [6.45, 7) is 2.01. The number of anilines is 1. The lowest BCUT2D eigenvalue weighted by Crippen LogP contribution is -2.10. The van der Waals surface area contributed by atoms with Crippen molar-refractivity contribution in [3.63, 3.8) is 0 Å². The second-order valence-corrected chi connectivity index (χ2v) is 3.97. The van der Waals surface area contributed by atoms with Crippen molar-refractivity contribution in [3.05, 3.63) is 48.3 Å². The summed E-state index contributed by atoms with van der Waals surface area (Å²) in [5.74, 6) is -0.292. The molecule has 1 aromatic carbocycles. The van der Waals surface area contributed by atoms with E-state index < -0.39 is 0 Å². The number of benzene rings is 1. The maximum absolute atomic E-state index is 11.4. The standard InChI is InChI=1S/C14H13N3O/c1-11-4-5-12(16-14(18)6-7-15)10-13(11)17-8-2-3-9-17/h2-5,8-10H,6H2,1H3,(H,16,18). The molecule has 18 heavy (non-hydrogen) atoms. The molecule has 0 spiro atoms. The molecule has 90 valence electrons. The van der Waals surface area contributed by atoms with Crippen LogP contribution in [0.5, 0.6) is 0 Å². The number of hydrogen-bond acceptors (Lipinski definition) is 2. The summed E-state index contributed by atoms with van der Waals surface area (Å²) in [5, 5.41) is 11.1. The zero-order chi connectivity index (χ0) is 13.0. The number of aryl methyl sites for hydroxylation is 1. The highest BCUT2D eigenvalue weighted by atomic mass is 16.1. The lowest BCUT2D eigenvalue weighted by atomic mass is 10.1. The van der Waals surface area contributed by atoms with Crippen LogP contribution in [0.4, 0.5) is 5.69 Å². The van der Waals surface area contributed by atoms with Crippen LogP contribution in [0.1, 0.15) is 12.0 Å². The van der Waals surface area contributed by atoms with E-state index in [0.717, 1.165) is 11.3 Å². The van der Waals surface area contributed by atoms with Crippen LogP contribution in [0, 0.1) is 18.3 Å². The summed E-state index contributed by atoms with van der Waals surface area (Å²) in [6, 6.07) is 11.4. The summed E-state index contributed by atoms with van der Waals surface area (Å²) in [7, 11) is 0. The van der Waals surface area contributed by atoms with Gasteiger partial charge in [-0.05, 0) is 36.8 Å². The van der Waals surface area contributed by atoms with Gasteiger partial charge in [0.1, 0.15) is 6.42 Å². The topological polar surface area (TPSA) is 57.8 Å². The van der Waals surface area contributed by atoms with Gasteiger partial charge in [-0.15, -0.1) is 0 Å². The first-order chi connectivity index (χ1) is 8.70. The molecule has 0 bridgehead atoms. The Kier molecular flexibility index (Phi) is 3.44. The third-order valence-corrected chi connectivity index (χ3v) is 2.62. The van der Waals surface area contributed by atoms with Gasteiger partial charge in [-0.1, -0.05) is 6.07 Å². The van der Waals surface area contributed by atoms with Crippen molar-refractivity contribution in [2.24, 2.45) is 0 Å². The first-order valence-electron chi connectivity index (χ1n) is 5.61. The molecule has 1 N–H and O–H groups in total. The average Bonchev–Trinajstić information content (AvgIpc) is 2.85. The second-order valence-electron chi connectivity index (χ2n) is 3.97. The van der Waals surface area contributed by atoms with Gasteiger partial charge in [0.2, 0.25) is 5.91 Å². The van der Waals surface area contributed by atoms with Crippen LogP contribution in [0.3, 0.4) is 0 Å². The van der Waals surface area contributed by atoms with E-state index >= 15 is 0 Å². The maximum atomic E-state index is 11.4. The van der Waals surface area contributed by atoms with Crippen molar-refractivity contribution in [2.75, 3.05) is 5.32 Å². The van der Waals surface area contributed by atoms with Gasteiger partial charge in [0.05, 0.1) is 6.07 Å². The van der Waals surface area contributed by atoms with Gasteiger partial charge in [0, 0.05) is 23.8 Å². The molecule has 2 aromatic rings. The van der Waals surface area contributed by atoms with Gasteiger partial charge >= 0.3 is 0 Å². The predicted octanol–water partition coefficient (Wildman–Crippen LogP) is 2.64. The van der Waals surface area contributed by atoms with E-state index in [1.54, 1.807) is 0 Å². The Morgan fingerprint density at radius 1 is 1.39 bits per heavy atom. The Morgan fingerprint density at radius 3 is 2.78 bits per heavy atom. The van der Waals surface area contributed by atoms with Crippen LogP contribution in [-0.2, 0) is 4.79 Å². The molecule has 1 aromatic heterocycles. The highest BCUT2D eigenvalue weighted by Crippen LogP contribution is 2.19. The van der Waals surface area contributed by atoms with E-state index in [9.17, 15) is 4.79 Å². The van der Waals surface area contributed by atoms with Crippen molar-refractivity contribution in [3.8, 4) is 11.8 Å². The highest BCUT2D eigenvalue weighted by molar-refractivity contribution is 5.92. The highest BCUT2D eigenvalue weighted by Gasteiger charge is 2.05. The number of hydrogen-bond donors (Lipinski definition) is 1. The molecule has 0 saturated carbocycles. The van der Waals surface area contributed by atoms with Crippen LogP contribution < -0.4 is 5.32 Å². The molecule has 0 aliphatic carbocycles. The molecule has 1 heterocycles. The number of carbonyl (C=O) groups is 1. The molecule has 0 unspecified atom stereocenters. The smallest absolute Gasteiger partial charge is 0.238 e. The Morgan fingerprint density at radius 2 is 2.11 bits per heavy atom. The van der Waals surface area contributed by atoms with Crippen LogP contribution in [0.15, 0.2) is 42.7 Å². The van der Waals surface area contributed by atoms with Gasteiger partial charge in [0.25, 0.3) is 0 Å². The Labute approximate surface area is 105 Å². The van der Waals surface area contributed by atoms with Crippen molar-refractivity contribution in [1.29, 1.82) is 5.26 Å². The van der Waals surface area contributed by atoms with Crippen LogP contribution >= 0.6 is 0 Å². The summed E-state index contributed by atoms with van der Waals surface area (Å²) >= 11 is 0. The molecule has 0 atom stereocenters. The molecular formula is C14H13N3O. The number of carbonyl (C=O) groups excluding carboxylic acids is 1. The summed E-state index contributed by atoms with van der Waals surface area (Å²) in [4.78, 5) is 11.4. The predicted molar refractivity (Wildman–Crippen MR) is 69.4 cm³/mol. The molecular weight excluding hydrogens is 226 g/mol. The molecule has 4 nitrogen and oxygen atoms in total. The molecule has 0 aliphatic heterocycles. The van der Waals surface area contributed by atoms with Crippen molar-refractivity contribution in [1.82, 2.24) is 4.57 Å². The number of rotatable bonds is 3.